The number of amides is 1. The number of rotatable bonds is 7. The first-order chi connectivity index (χ1) is 10.3. The van der Waals surface area contributed by atoms with E-state index in [0.717, 1.165) is 5.69 Å². The second kappa shape index (κ2) is 6.75. The molecule has 2 rings (SSSR count). The number of sulfonamides is 1. The number of hydrogen-bond donors (Lipinski definition) is 1. The first-order valence-corrected chi connectivity index (χ1v) is 9.02. The van der Waals surface area contributed by atoms with Gasteiger partial charge in [-0.1, -0.05) is 19.9 Å². The van der Waals surface area contributed by atoms with Crippen molar-refractivity contribution in [2.24, 2.45) is 5.92 Å². The van der Waals surface area contributed by atoms with Gasteiger partial charge in [0.25, 0.3) is 0 Å². The maximum atomic E-state index is 12.6. The van der Waals surface area contributed by atoms with Crippen LogP contribution in [0.1, 0.15) is 32.4 Å². The van der Waals surface area contributed by atoms with E-state index in [4.69, 9.17) is 0 Å². The molecule has 1 saturated carbocycles. The average Bonchev–Trinajstić information content (AvgIpc) is 3.30. The van der Waals surface area contributed by atoms with Crippen LogP contribution in [-0.4, -0.2) is 42.5 Å². The van der Waals surface area contributed by atoms with Crippen molar-refractivity contribution in [1.29, 1.82) is 0 Å². The van der Waals surface area contributed by atoms with Gasteiger partial charge >= 0.3 is 0 Å². The van der Waals surface area contributed by atoms with E-state index in [1.54, 1.807) is 13.2 Å². The molecule has 1 aliphatic rings. The molecule has 0 unspecified atom stereocenters. The molecule has 1 atom stereocenters. The summed E-state index contributed by atoms with van der Waals surface area (Å²) < 4.78 is 26.8. The first kappa shape index (κ1) is 16.9. The smallest absolute Gasteiger partial charge is 0.241 e. The van der Waals surface area contributed by atoms with E-state index in [0.29, 0.717) is 19.4 Å². The van der Waals surface area contributed by atoms with Gasteiger partial charge in [0.05, 0.1) is 17.5 Å². The van der Waals surface area contributed by atoms with Gasteiger partial charge in [-0.05, 0) is 30.9 Å². The Kier molecular flexibility index (Phi) is 5.18. The van der Waals surface area contributed by atoms with Gasteiger partial charge in [0, 0.05) is 13.2 Å². The van der Waals surface area contributed by atoms with E-state index >= 15 is 0 Å². The van der Waals surface area contributed by atoms with Crippen molar-refractivity contribution in [3.05, 3.63) is 30.1 Å². The molecule has 6 nitrogen and oxygen atoms in total. The van der Waals surface area contributed by atoms with Crippen LogP contribution in [0.2, 0.25) is 0 Å². The molecule has 1 aromatic heterocycles. The van der Waals surface area contributed by atoms with Crippen molar-refractivity contribution in [3.63, 3.8) is 0 Å². The van der Waals surface area contributed by atoms with Gasteiger partial charge in [-0.15, -0.1) is 0 Å². The lowest BCUT2D eigenvalue weighted by molar-refractivity contribution is -0.133. The molecule has 0 saturated heterocycles. The molecule has 0 bridgehead atoms. The number of aromatic nitrogens is 1. The lowest BCUT2D eigenvalue weighted by Crippen LogP contribution is -2.50. The monoisotopic (exact) mass is 325 g/mol. The van der Waals surface area contributed by atoms with Crippen LogP contribution in [0.25, 0.3) is 0 Å². The highest BCUT2D eigenvalue weighted by Gasteiger charge is 2.39. The summed E-state index contributed by atoms with van der Waals surface area (Å²) in [6.07, 6.45) is 3.03. The topological polar surface area (TPSA) is 79.4 Å². The maximum Gasteiger partial charge on any atom is 0.241 e. The molecule has 22 heavy (non-hydrogen) atoms. The fourth-order valence-corrected chi connectivity index (χ4v) is 3.85. The Morgan fingerprint density at radius 1 is 1.41 bits per heavy atom. The van der Waals surface area contributed by atoms with Crippen LogP contribution in [0.4, 0.5) is 0 Å². The van der Waals surface area contributed by atoms with Crippen molar-refractivity contribution in [2.45, 2.75) is 44.5 Å². The second-order valence-corrected chi connectivity index (χ2v) is 8.09. The van der Waals surface area contributed by atoms with Crippen molar-refractivity contribution < 1.29 is 13.2 Å². The molecular weight excluding hydrogens is 302 g/mol. The molecule has 1 heterocycles. The number of nitrogens with zero attached hydrogens (tertiary/aromatic N) is 2. The summed E-state index contributed by atoms with van der Waals surface area (Å²) in [6.45, 7) is 4.03. The zero-order valence-corrected chi connectivity index (χ0v) is 14.0. The Balaban J connectivity index is 2.05. The zero-order chi connectivity index (χ0) is 16.3. The average molecular weight is 325 g/mol. The van der Waals surface area contributed by atoms with E-state index < -0.39 is 16.1 Å². The fraction of sp³-hybridized carbons (Fsp3) is 0.600. The fourth-order valence-electron chi connectivity index (χ4n) is 2.17. The van der Waals surface area contributed by atoms with Gasteiger partial charge in [-0.25, -0.2) is 13.1 Å². The van der Waals surface area contributed by atoms with E-state index in [1.165, 1.54) is 4.90 Å². The minimum absolute atomic E-state index is 0.118. The first-order valence-electron chi connectivity index (χ1n) is 7.47. The Hall–Kier alpha value is -1.47. The van der Waals surface area contributed by atoms with Crippen LogP contribution in [0.5, 0.6) is 0 Å². The van der Waals surface area contributed by atoms with Crippen molar-refractivity contribution >= 4 is 15.9 Å². The number of pyridine rings is 1. The molecule has 0 aromatic carbocycles. The highest BCUT2D eigenvalue weighted by molar-refractivity contribution is 7.90. The zero-order valence-electron chi connectivity index (χ0n) is 13.2. The molecule has 1 aliphatic carbocycles. The maximum absolute atomic E-state index is 12.6. The third-order valence-corrected chi connectivity index (χ3v) is 5.62. The minimum Gasteiger partial charge on any atom is -0.338 e. The molecular formula is C15H23N3O3S. The Labute approximate surface area is 132 Å². The van der Waals surface area contributed by atoms with E-state index in [9.17, 15) is 13.2 Å². The number of carbonyl (C=O) groups excluding carboxylic acids is 1. The van der Waals surface area contributed by atoms with Crippen molar-refractivity contribution in [2.75, 3.05) is 7.05 Å². The normalized spacial score (nSPS) is 16.5. The standard InChI is InChI=1S/C15H23N3O3S/c1-11(2)14(17-22(20,21)13-7-8-13)15(19)18(3)10-12-6-4-5-9-16-12/h4-6,9,11,13-14,17H,7-8,10H2,1-3H3/t14-/m1/s1. The molecule has 1 amide bonds. The van der Waals surface area contributed by atoms with E-state index in [2.05, 4.69) is 9.71 Å². The van der Waals surface area contributed by atoms with Crippen LogP contribution in [0.15, 0.2) is 24.4 Å². The quantitative estimate of drug-likeness (QED) is 0.815. The summed E-state index contributed by atoms with van der Waals surface area (Å²) in [5.74, 6) is -0.350. The van der Waals surface area contributed by atoms with Gasteiger partial charge in [-0.2, -0.15) is 0 Å². The van der Waals surface area contributed by atoms with Gasteiger partial charge in [0.1, 0.15) is 6.04 Å². The van der Waals surface area contributed by atoms with E-state index in [-0.39, 0.29) is 17.1 Å². The number of likely N-dealkylation sites (N-methyl/N-ethyl adjacent to an activating group) is 1. The summed E-state index contributed by atoms with van der Waals surface area (Å²) >= 11 is 0. The molecule has 1 N–H and O–H groups in total. The lowest BCUT2D eigenvalue weighted by Gasteiger charge is -2.26. The van der Waals surface area contributed by atoms with Gasteiger partial charge in [0.15, 0.2) is 0 Å². The SMILES string of the molecule is CC(C)[C@@H](NS(=O)(=O)C1CC1)C(=O)N(C)Cc1ccccn1. The molecule has 122 valence electrons. The molecule has 1 aromatic rings. The molecule has 0 aliphatic heterocycles. The van der Waals surface area contributed by atoms with Crippen LogP contribution < -0.4 is 4.72 Å². The number of hydrogen-bond acceptors (Lipinski definition) is 4. The molecule has 7 heteroatoms. The van der Waals surface area contributed by atoms with Crippen LogP contribution in [0, 0.1) is 5.92 Å². The summed E-state index contributed by atoms with van der Waals surface area (Å²) in [5.41, 5.74) is 0.769. The summed E-state index contributed by atoms with van der Waals surface area (Å²) in [4.78, 5) is 18.3. The van der Waals surface area contributed by atoms with Gasteiger partial charge in [0.2, 0.25) is 15.9 Å². The number of nitrogens with one attached hydrogen (secondary N) is 1. The van der Waals surface area contributed by atoms with Crippen LogP contribution >= 0.6 is 0 Å². The largest absolute Gasteiger partial charge is 0.338 e. The predicted octanol–water partition coefficient (Wildman–Crippen LogP) is 1.15. The Morgan fingerprint density at radius 2 is 2.09 bits per heavy atom. The van der Waals surface area contributed by atoms with Crippen molar-refractivity contribution in [3.8, 4) is 0 Å². The molecule has 1 fully saturated rings. The minimum atomic E-state index is -3.40. The lowest BCUT2D eigenvalue weighted by atomic mass is 10.0. The van der Waals surface area contributed by atoms with Crippen LogP contribution in [-0.2, 0) is 21.4 Å². The van der Waals surface area contributed by atoms with Crippen LogP contribution in [0.3, 0.4) is 0 Å². The summed E-state index contributed by atoms with van der Waals surface area (Å²) in [5, 5.41) is -0.331. The Bertz CT molecular complexity index is 612. The summed E-state index contributed by atoms with van der Waals surface area (Å²) in [7, 11) is -1.73. The third kappa shape index (κ3) is 4.27. The van der Waals surface area contributed by atoms with Gasteiger partial charge < -0.3 is 4.90 Å². The van der Waals surface area contributed by atoms with E-state index in [1.807, 2.05) is 32.0 Å². The summed E-state index contributed by atoms with van der Waals surface area (Å²) in [6, 6.07) is 4.77. The highest BCUT2D eigenvalue weighted by Crippen LogP contribution is 2.28. The van der Waals surface area contributed by atoms with Crippen molar-refractivity contribution in [1.82, 2.24) is 14.6 Å². The second-order valence-electron chi connectivity index (χ2n) is 6.10. The predicted molar refractivity (Wildman–Crippen MR) is 84.4 cm³/mol. The number of carbonyl (C=O) groups is 1. The third-order valence-electron chi connectivity index (χ3n) is 3.69. The molecule has 0 spiro atoms. The van der Waals surface area contributed by atoms with Gasteiger partial charge in [-0.3, -0.25) is 9.78 Å². The highest BCUT2D eigenvalue weighted by atomic mass is 32.2. The Morgan fingerprint density at radius 3 is 2.59 bits per heavy atom. The molecule has 0 radical (unpaired) electrons.